The summed E-state index contributed by atoms with van der Waals surface area (Å²) < 4.78 is 49.2. The van der Waals surface area contributed by atoms with Gasteiger partial charge >= 0.3 is 0 Å². The topological polar surface area (TPSA) is 17.1 Å². The van der Waals surface area contributed by atoms with Crippen LogP contribution >= 0.6 is 0 Å². The molecule has 0 amide bonds. The van der Waals surface area contributed by atoms with E-state index in [1.807, 2.05) is 0 Å². The summed E-state index contributed by atoms with van der Waals surface area (Å²) in [5, 5.41) is 0. The maximum Gasteiger partial charge on any atom is 0.196 e. The van der Waals surface area contributed by atoms with Crippen molar-refractivity contribution in [2.75, 3.05) is 6.67 Å². The zero-order valence-electron chi connectivity index (χ0n) is 6.28. The van der Waals surface area contributed by atoms with E-state index in [0.717, 1.165) is 0 Å². The molecule has 0 fully saturated rings. The van der Waals surface area contributed by atoms with Crippen molar-refractivity contribution in [3.8, 4) is 0 Å². The lowest BCUT2D eigenvalue weighted by Crippen LogP contribution is -2.06. The summed E-state index contributed by atoms with van der Waals surface area (Å²) in [4.78, 5) is 10.6. The first-order chi connectivity index (χ1) is 6.06. The summed E-state index contributed by atoms with van der Waals surface area (Å²) >= 11 is 0. The van der Waals surface area contributed by atoms with Crippen molar-refractivity contribution in [2.45, 2.75) is 0 Å². The van der Waals surface area contributed by atoms with Crippen LogP contribution < -0.4 is 0 Å². The zero-order valence-corrected chi connectivity index (χ0v) is 6.28. The molecule has 1 aromatic carbocycles. The Morgan fingerprint density at radius 2 is 1.62 bits per heavy atom. The second-order valence-corrected chi connectivity index (χ2v) is 2.30. The smallest absolute Gasteiger partial charge is 0.196 e. The van der Waals surface area contributed by atoms with Gasteiger partial charge < -0.3 is 0 Å². The van der Waals surface area contributed by atoms with Crippen LogP contribution in [0.5, 0.6) is 0 Å². The van der Waals surface area contributed by atoms with Gasteiger partial charge in [-0.15, -0.1) is 0 Å². The molecule has 0 heterocycles. The van der Waals surface area contributed by atoms with Gasteiger partial charge in [0, 0.05) is 6.07 Å². The molecule has 0 bridgehead atoms. The van der Waals surface area contributed by atoms with Crippen molar-refractivity contribution in [2.24, 2.45) is 0 Å². The summed E-state index contributed by atoms with van der Waals surface area (Å²) in [7, 11) is 0. The molecule has 1 rings (SSSR count). The Morgan fingerprint density at radius 3 is 2.15 bits per heavy atom. The molecule has 70 valence electrons. The largest absolute Gasteiger partial charge is 0.291 e. The highest BCUT2D eigenvalue weighted by Gasteiger charge is 2.15. The average molecular weight is 192 g/mol. The van der Waals surface area contributed by atoms with Gasteiger partial charge in [-0.2, -0.15) is 0 Å². The maximum atomic E-state index is 12.7. The van der Waals surface area contributed by atoms with Gasteiger partial charge in [-0.25, -0.2) is 17.6 Å². The van der Waals surface area contributed by atoms with E-state index in [2.05, 4.69) is 0 Å². The molecule has 0 atom stereocenters. The molecule has 0 unspecified atom stereocenters. The van der Waals surface area contributed by atoms with Crippen molar-refractivity contribution >= 4 is 5.78 Å². The van der Waals surface area contributed by atoms with Crippen molar-refractivity contribution in [1.82, 2.24) is 0 Å². The van der Waals surface area contributed by atoms with E-state index in [1.54, 1.807) is 0 Å². The van der Waals surface area contributed by atoms with Gasteiger partial charge in [0.25, 0.3) is 0 Å². The highest BCUT2D eigenvalue weighted by Crippen LogP contribution is 2.14. The molecule has 0 radical (unpaired) electrons. The van der Waals surface area contributed by atoms with Crippen molar-refractivity contribution in [1.29, 1.82) is 0 Å². The van der Waals surface area contributed by atoms with E-state index in [1.165, 1.54) is 0 Å². The number of benzene rings is 1. The number of carbonyl (C=O) groups is 1. The minimum atomic E-state index is -1.44. The van der Waals surface area contributed by atoms with Gasteiger partial charge in [0.15, 0.2) is 24.1 Å². The van der Waals surface area contributed by atoms with Crippen molar-refractivity contribution in [3.05, 3.63) is 35.1 Å². The molecule has 0 spiro atoms. The number of hydrogen-bond donors (Lipinski definition) is 0. The number of alkyl halides is 1. The molecular formula is C8H4F4O. The number of ketones is 1. The van der Waals surface area contributed by atoms with Gasteiger partial charge in [-0.05, 0) is 6.07 Å². The molecule has 0 N–H and O–H groups in total. The second kappa shape index (κ2) is 3.55. The lowest BCUT2D eigenvalue weighted by atomic mass is 10.1. The van der Waals surface area contributed by atoms with Crippen molar-refractivity contribution in [3.63, 3.8) is 0 Å². The van der Waals surface area contributed by atoms with Crippen LogP contribution in [0.2, 0.25) is 0 Å². The standard InChI is InChI=1S/C8H4F4O/c9-3-8(13)4-1-6(11)7(12)2-5(4)10/h1-2H,3H2. The molecule has 0 aliphatic heterocycles. The summed E-state index contributed by atoms with van der Waals surface area (Å²) in [6.07, 6.45) is 0. The van der Waals surface area contributed by atoms with E-state index in [0.29, 0.717) is 6.07 Å². The van der Waals surface area contributed by atoms with Crippen LogP contribution in [0.25, 0.3) is 0 Å². The summed E-state index contributed by atoms with van der Waals surface area (Å²) in [6, 6.07) is 0.546. The summed E-state index contributed by atoms with van der Waals surface area (Å²) in [5.41, 5.74) is -0.776. The lowest BCUT2D eigenvalue weighted by molar-refractivity contribution is 0.0954. The van der Waals surface area contributed by atoms with Crippen LogP contribution in [0.4, 0.5) is 17.6 Å². The van der Waals surface area contributed by atoms with Gasteiger partial charge in [-0.1, -0.05) is 0 Å². The summed E-state index contributed by atoms with van der Waals surface area (Å²) in [6.45, 7) is -1.44. The zero-order chi connectivity index (χ0) is 10.0. The monoisotopic (exact) mass is 192 g/mol. The van der Waals surface area contributed by atoms with E-state index in [-0.39, 0.29) is 6.07 Å². The number of halogens is 4. The quantitative estimate of drug-likeness (QED) is 0.399. The third kappa shape index (κ3) is 1.85. The highest BCUT2D eigenvalue weighted by atomic mass is 19.2. The molecule has 1 aromatic rings. The Balaban J connectivity index is 3.23. The Bertz CT molecular complexity index is 348. The second-order valence-electron chi connectivity index (χ2n) is 2.30. The van der Waals surface area contributed by atoms with Crippen LogP contribution in [-0.2, 0) is 0 Å². The number of carbonyl (C=O) groups excluding carboxylic acids is 1. The fourth-order valence-electron chi connectivity index (χ4n) is 0.808. The predicted molar refractivity (Wildman–Crippen MR) is 36.6 cm³/mol. The molecule has 0 aromatic heterocycles. The molecular weight excluding hydrogens is 188 g/mol. The van der Waals surface area contributed by atoms with Crippen LogP contribution in [0, 0.1) is 17.5 Å². The van der Waals surface area contributed by atoms with Gasteiger partial charge in [0.2, 0.25) is 0 Å². The van der Waals surface area contributed by atoms with Crippen LogP contribution in [-0.4, -0.2) is 12.5 Å². The molecule has 0 saturated carbocycles. The SMILES string of the molecule is O=C(CF)c1cc(F)c(F)cc1F. The number of hydrogen-bond acceptors (Lipinski definition) is 1. The first kappa shape index (κ1) is 9.70. The van der Waals surface area contributed by atoms with Crippen LogP contribution in [0.1, 0.15) is 10.4 Å². The predicted octanol–water partition coefficient (Wildman–Crippen LogP) is 2.26. The third-order valence-electron chi connectivity index (χ3n) is 1.43. The van der Waals surface area contributed by atoms with Crippen LogP contribution in [0.3, 0.4) is 0 Å². The normalized spacial score (nSPS) is 10.2. The van der Waals surface area contributed by atoms with E-state index in [4.69, 9.17) is 0 Å². The highest BCUT2D eigenvalue weighted by molar-refractivity contribution is 5.97. The first-order valence-electron chi connectivity index (χ1n) is 3.30. The Hall–Kier alpha value is -1.39. The minimum Gasteiger partial charge on any atom is -0.291 e. The number of rotatable bonds is 2. The molecule has 0 aliphatic carbocycles. The number of Topliss-reactive ketones (excluding diaryl/α,β-unsaturated/α-hetero) is 1. The molecule has 5 heteroatoms. The van der Waals surface area contributed by atoms with Crippen LogP contribution in [0.15, 0.2) is 12.1 Å². The van der Waals surface area contributed by atoms with E-state index in [9.17, 15) is 22.4 Å². The average Bonchev–Trinajstić information content (AvgIpc) is 2.10. The third-order valence-corrected chi connectivity index (χ3v) is 1.43. The fourth-order valence-corrected chi connectivity index (χ4v) is 0.808. The first-order valence-corrected chi connectivity index (χ1v) is 3.30. The summed E-state index contributed by atoms with van der Waals surface area (Å²) in [5.74, 6) is -5.26. The van der Waals surface area contributed by atoms with Crippen molar-refractivity contribution < 1.29 is 22.4 Å². The van der Waals surface area contributed by atoms with E-state index < -0.39 is 35.5 Å². The molecule has 0 aliphatic rings. The van der Waals surface area contributed by atoms with Gasteiger partial charge in [0.05, 0.1) is 5.56 Å². The Labute approximate surface area is 71.0 Å². The van der Waals surface area contributed by atoms with Gasteiger partial charge in [-0.3, -0.25) is 4.79 Å². The molecule has 1 nitrogen and oxygen atoms in total. The lowest BCUT2D eigenvalue weighted by Gasteiger charge is -1.99. The Morgan fingerprint density at radius 1 is 1.08 bits per heavy atom. The Kier molecular flexibility index (Phi) is 2.65. The van der Waals surface area contributed by atoms with Gasteiger partial charge in [0.1, 0.15) is 5.82 Å². The maximum absolute atomic E-state index is 12.7. The molecule has 0 saturated heterocycles. The van der Waals surface area contributed by atoms with E-state index >= 15 is 0 Å². The molecule has 13 heavy (non-hydrogen) atoms. The minimum absolute atomic E-state index is 0.207. The fraction of sp³-hybridized carbons (Fsp3) is 0.125.